The molecule has 1 aromatic rings. The molecule has 16 heavy (non-hydrogen) atoms. The Morgan fingerprint density at radius 1 is 1.44 bits per heavy atom. The van der Waals surface area contributed by atoms with Crippen LogP contribution in [-0.4, -0.2) is 12.1 Å². The summed E-state index contributed by atoms with van der Waals surface area (Å²) in [6, 6.07) is 7.81. The van der Waals surface area contributed by atoms with Gasteiger partial charge in [-0.25, -0.2) is 0 Å². The molecule has 1 aromatic carbocycles. The predicted molar refractivity (Wildman–Crippen MR) is 66.2 cm³/mol. The molecule has 2 rings (SSSR count). The number of benzene rings is 1. The van der Waals surface area contributed by atoms with E-state index in [1.165, 1.54) is 12.8 Å². The molecule has 84 valence electrons. The Morgan fingerprint density at radius 2 is 2.19 bits per heavy atom. The lowest BCUT2D eigenvalue weighted by Gasteiger charge is -2.34. The maximum absolute atomic E-state index is 9.14. The zero-order valence-electron chi connectivity index (χ0n) is 9.83. The zero-order chi connectivity index (χ0) is 11.8. The molecular weight excluding hydrogens is 198 g/mol. The summed E-state index contributed by atoms with van der Waals surface area (Å²) in [5.41, 5.74) is 8.18. The highest BCUT2D eigenvalue weighted by Gasteiger charge is 2.33. The van der Waals surface area contributed by atoms with E-state index < -0.39 is 0 Å². The van der Waals surface area contributed by atoms with Gasteiger partial charge in [0.2, 0.25) is 0 Å². The lowest BCUT2D eigenvalue weighted by Crippen LogP contribution is -2.38. The van der Waals surface area contributed by atoms with Crippen molar-refractivity contribution in [2.75, 3.05) is 17.2 Å². The Morgan fingerprint density at radius 3 is 2.75 bits per heavy atom. The molecule has 0 unspecified atom stereocenters. The Kier molecular flexibility index (Phi) is 2.51. The third kappa shape index (κ3) is 1.71. The largest absolute Gasteiger partial charge is 0.399 e. The summed E-state index contributed by atoms with van der Waals surface area (Å²) in [7, 11) is 0. The normalized spacial score (nSPS) is 18.4. The minimum atomic E-state index is 0.141. The van der Waals surface area contributed by atoms with Crippen molar-refractivity contribution in [3.63, 3.8) is 0 Å². The number of nitrogens with zero attached hydrogens (tertiary/aromatic N) is 2. The molecule has 0 radical (unpaired) electrons. The number of hydrogen-bond acceptors (Lipinski definition) is 3. The van der Waals surface area contributed by atoms with Crippen LogP contribution in [0.3, 0.4) is 0 Å². The highest BCUT2D eigenvalue weighted by Crippen LogP contribution is 2.35. The van der Waals surface area contributed by atoms with Crippen LogP contribution in [0.4, 0.5) is 11.4 Å². The number of anilines is 2. The SMILES string of the molecule is CC1(C)CCCN1c1ccc(N)cc1C#N. The molecule has 0 bridgehead atoms. The van der Waals surface area contributed by atoms with Crippen LogP contribution in [0.25, 0.3) is 0 Å². The topological polar surface area (TPSA) is 53.0 Å². The number of nitrogens with two attached hydrogens (primary N) is 1. The van der Waals surface area contributed by atoms with Gasteiger partial charge in [0.25, 0.3) is 0 Å². The summed E-state index contributed by atoms with van der Waals surface area (Å²) < 4.78 is 0. The highest BCUT2D eigenvalue weighted by molar-refractivity contribution is 5.65. The molecule has 1 saturated heterocycles. The van der Waals surface area contributed by atoms with Gasteiger partial charge in [-0.3, -0.25) is 0 Å². The minimum absolute atomic E-state index is 0.141. The number of nitriles is 1. The molecule has 0 atom stereocenters. The van der Waals surface area contributed by atoms with Gasteiger partial charge in [-0.1, -0.05) is 0 Å². The molecule has 0 saturated carbocycles. The standard InChI is InChI=1S/C13H17N3/c1-13(2)6-3-7-16(13)12-5-4-11(15)8-10(12)9-14/h4-5,8H,3,6-7,15H2,1-2H3. The Hall–Kier alpha value is -1.69. The summed E-state index contributed by atoms with van der Waals surface area (Å²) >= 11 is 0. The maximum Gasteiger partial charge on any atom is 0.101 e. The van der Waals surface area contributed by atoms with Crippen LogP contribution < -0.4 is 10.6 Å². The van der Waals surface area contributed by atoms with Gasteiger partial charge in [-0.15, -0.1) is 0 Å². The summed E-state index contributed by atoms with van der Waals surface area (Å²) in [5.74, 6) is 0. The third-order valence-electron chi connectivity index (χ3n) is 3.33. The second kappa shape index (κ2) is 3.71. The van der Waals surface area contributed by atoms with Crippen molar-refractivity contribution in [1.29, 1.82) is 5.26 Å². The van der Waals surface area contributed by atoms with Crippen LogP contribution in [-0.2, 0) is 0 Å². The average molecular weight is 215 g/mol. The van der Waals surface area contributed by atoms with E-state index in [4.69, 9.17) is 11.0 Å². The fourth-order valence-corrected chi connectivity index (χ4v) is 2.43. The average Bonchev–Trinajstić information content (AvgIpc) is 2.58. The lowest BCUT2D eigenvalue weighted by molar-refractivity contribution is 0.518. The summed E-state index contributed by atoms with van der Waals surface area (Å²) in [4.78, 5) is 2.31. The quantitative estimate of drug-likeness (QED) is 0.732. The van der Waals surface area contributed by atoms with Gasteiger partial charge in [-0.2, -0.15) is 5.26 Å². The van der Waals surface area contributed by atoms with Gasteiger partial charge < -0.3 is 10.6 Å². The molecule has 3 nitrogen and oxygen atoms in total. The summed E-state index contributed by atoms with van der Waals surface area (Å²) in [5, 5.41) is 9.14. The van der Waals surface area contributed by atoms with E-state index in [-0.39, 0.29) is 5.54 Å². The summed E-state index contributed by atoms with van der Waals surface area (Å²) in [6.07, 6.45) is 2.35. The van der Waals surface area contributed by atoms with Crippen LogP contribution in [0.2, 0.25) is 0 Å². The van der Waals surface area contributed by atoms with Gasteiger partial charge >= 0.3 is 0 Å². The molecule has 1 aliphatic heterocycles. The molecular formula is C13H17N3. The van der Waals surface area contributed by atoms with Gasteiger partial charge in [0, 0.05) is 17.8 Å². The second-order valence-electron chi connectivity index (χ2n) is 4.96. The maximum atomic E-state index is 9.14. The molecule has 1 aliphatic rings. The molecule has 0 spiro atoms. The van der Waals surface area contributed by atoms with Crippen LogP contribution in [0.5, 0.6) is 0 Å². The first kappa shape index (κ1) is 10.8. The van der Waals surface area contributed by atoms with Crippen molar-refractivity contribution in [1.82, 2.24) is 0 Å². The van der Waals surface area contributed by atoms with Gasteiger partial charge in [-0.05, 0) is 44.9 Å². The van der Waals surface area contributed by atoms with Crippen molar-refractivity contribution in [3.05, 3.63) is 23.8 Å². The van der Waals surface area contributed by atoms with E-state index in [1.807, 2.05) is 12.1 Å². The van der Waals surface area contributed by atoms with Crippen LogP contribution >= 0.6 is 0 Å². The number of hydrogen-bond donors (Lipinski definition) is 1. The fraction of sp³-hybridized carbons (Fsp3) is 0.462. The van der Waals surface area contributed by atoms with Crippen molar-refractivity contribution in [3.8, 4) is 6.07 Å². The van der Waals surface area contributed by atoms with Gasteiger partial charge in [0.15, 0.2) is 0 Å². The van der Waals surface area contributed by atoms with Crippen molar-refractivity contribution in [2.24, 2.45) is 0 Å². The number of rotatable bonds is 1. The molecule has 1 heterocycles. The highest BCUT2D eigenvalue weighted by atomic mass is 15.2. The van der Waals surface area contributed by atoms with Crippen LogP contribution in [0, 0.1) is 11.3 Å². The van der Waals surface area contributed by atoms with Gasteiger partial charge in [0.1, 0.15) is 6.07 Å². The first-order chi connectivity index (χ1) is 7.54. The molecule has 2 N–H and O–H groups in total. The zero-order valence-corrected chi connectivity index (χ0v) is 9.83. The lowest BCUT2D eigenvalue weighted by atomic mass is 10.0. The van der Waals surface area contributed by atoms with E-state index in [2.05, 4.69) is 24.8 Å². The smallest absolute Gasteiger partial charge is 0.101 e. The van der Waals surface area contributed by atoms with Crippen molar-refractivity contribution >= 4 is 11.4 Å². The van der Waals surface area contributed by atoms with Gasteiger partial charge in [0.05, 0.1) is 11.3 Å². The molecule has 0 amide bonds. The second-order valence-corrected chi connectivity index (χ2v) is 4.96. The third-order valence-corrected chi connectivity index (χ3v) is 3.33. The van der Waals surface area contributed by atoms with E-state index in [1.54, 1.807) is 6.07 Å². The Bertz CT molecular complexity index is 443. The Balaban J connectivity index is 2.45. The van der Waals surface area contributed by atoms with Crippen LogP contribution in [0.1, 0.15) is 32.3 Å². The first-order valence-corrected chi connectivity index (χ1v) is 5.62. The fourth-order valence-electron chi connectivity index (χ4n) is 2.43. The van der Waals surface area contributed by atoms with Crippen molar-refractivity contribution < 1.29 is 0 Å². The molecule has 0 aromatic heterocycles. The Labute approximate surface area is 96.5 Å². The van der Waals surface area contributed by atoms with E-state index in [0.29, 0.717) is 11.3 Å². The summed E-state index contributed by atoms with van der Waals surface area (Å²) in [6.45, 7) is 5.46. The molecule has 0 aliphatic carbocycles. The first-order valence-electron chi connectivity index (χ1n) is 5.62. The van der Waals surface area contributed by atoms with Crippen LogP contribution in [0.15, 0.2) is 18.2 Å². The predicted octanol–water partition coefficient (Wildman–Crippen LogP) is 2.52. The number of nitrogen functional groups attached to an aromatic ring is 1. The molecule has 3 heteroatoms. The monoisotopic (exact) mass is 215 g/mol. The molecule has 1 fully saturated rings. The van der Waals surface area contributed by atoms with Crippen molar-refractivity contribution in [2.45, 2.75) is 32.2 Å². The van der Waals surface area contributed by atoms with E-state index in [9.17, 15) is 0 Å². The van der Waals surface area contributed by atoms with E-state index >= 15 is 0 Å². The van der Waals surface area contributed by atoms with E-state index in [0.717, 1.165) is 12.2 Å². The minimum Gasteiger partial charge on any atom is -0.399 e.